The molecule has 0 aliphatic rings. The van der Waals surface area contributed by atoms with Gasteiger partial charge in [0.2, 0.25) is 10.3 Å². The fourth-order valence-electron chi connectivity index (χ4n) is 2.43. The Morgan fingerprint density at radius 3 is 1.50 bits per heavy atom. The fourth-order valence-corrected chi connectivity index (χ4v) is 4.02. The summed E-state index contributed by atoms with van der Waals surface area (Å²) in [5, 5.41) is 16.0. The summed E-state index contributed by atoms with van der Waals surface area (Å²) in [6.45, 7) is 0. The topological polar surface area (TPSA) is 109 Å². The Morgan fingerprint density at radius 2 is 1.07 bits per heavy atom. The maximum absolute atomic E-state index is 4.51. The SMILES string of the molecule is c1cc(-c2nc(SCCCCSc3n[nH]c(-c4ccncc4)n3)n[nH]2)ccn1. The van der Waals surface area contributed by atoms with Gasteiger partial charge < -0.3 is 0 Å². The summed E-state index contributed by atoms with van der Waals surface area (Å²) in [5.41, 5.74) is 1.98. The van der Waals surface area contributed by atoms with Gasteiger partial charge in [0.25, 0.3) is 0 Å². The van der Waals surface area contributed by atoms with Crippen molar-refractivity contribution in [1.29, 1.82) is 0 Å². The Balaban J connectivity index is 1.16. The van der Waals surface area contributed by atoms with E-state index >= 15 is 0 Å². The first-order chi connectivity index (χ1) is 13.9. The number of hydrogen-bond donors (Lipinski definition) is 2. The summed E-state index contributed by atoms with van der Waals surface area (Å²) >= 11 is 3.32. The van der Waals surface area contributed by atoms with Crippen molar-refractivity contribution < 1.29 is 0 Å². The predicted molar refractivity (Wildman–Crippen MR) is 110 cm³/mol. The highest BCUT2D eigenvalue weighted by Gasteiger charge is 2.07. The molecule has 142 valence electrons. The monoisotopic (exact) mass is 410 g/mol. The van der Waals surface area contributed by atoms with Crippen LogP contribution in [0.1, 0.15) is 12.8 Å². The molecule has 4 rings (SSSR count). The number of rotatable bonds is 9. The molecule has 4 aromatic heterocycles. The van der Waals surface area contributed by atoms with Crippen molar-refractivity contribution >= 4 is 23.5 Å². The first-order valence-corrected chi connectivity index (χ1v) is 10.8. The molecule has 0 aliphatic heterocycles. The van der Waals surface area contributed by atoms with Crippen LogP contribution in [0.15, 0.2) is 59.4 Å². The third-order valence-electron chi connectivity index (χ3n) is 3.84. The third kappa shape index (κ3) is 4.96. The van der Waals surface area contributed by atoms with Gasteiger partial charge in [0.05, 0.1) is 0 Å². The molecule has 0 atom stereocenters. The second kappa shape index (κ2) is 9.47. The second-order valence-corrected chi connectivity index (χ2v) is 7.93. The molecular weight excluding hydrogens is 392 g/mol. The highest BCUT2D eigenvalue weighted by Crippen LogP contribution is 2.22. The van der Waals surface area contributed by atoms with Gasteiger partial charge in [-0.2, -0.15) is 0 Å². The van der Waals surface area contributed by atoms with Crippen LogP contribution in [-0.2, 0) is 0 Å². The molecule has 0 amide bonds. The summed E-state index contributed by atoms with van der Waals surface area (Å²) in [6.07, 6.45) is 9.15. The Labute approximate surface area is 170 Å². The minimum atomic E-state index is 0.773. The van der Waals surface area contributed by atoms with E-state index in [1.807, 2.05) is 24.3 Å². The highest BCUT2D eigenvalue weighted by molar-refractivity contribution is 7.99. The van der Waals surface area contributed by atoms with Crippen LogP contribution in [0, 0.1) is 0 Å². The van der Waals surface area contributed by atoms with E-state index in [9.17, 15) is 0 Å². The molecule has 0 saturated heterocycles. The molecule has 0 unspecified atom stereocenters. The van der Waals surface area contributed by atoms with Crippen molar-refractivity contribution in [2.45, 2.75) is 23.2 Å². The number of aromatic nitrogens is 8. The minimum absolute atomic E-state index is 0.773. The van der Waals surface area contributed by atoms with Gasteiger partial charge in [0, 0.05) is 47.4 Å². The quantitative estimate of drug-likeness (QED) is 0.317. The minimum Gasteiger partial charge on any atom is -0.265 e. The van der Waals surface area contributed by atoms with Crippen LogP contribution < -0.4 is 0 Å². The maximum atomic E-state index is 4.51. The lowest BCUT2D eigenvalue weighted by Crippen LogP contribution is -1.86. The number of thioether (sulfide) groups is 2. The van der Waals surface area contributed by atoms with E-state index in [4.69, 9.17) is 0 Å². The third-order valence-corrected chi connectivity index (χ3v) is 5.71. The van der Waals surface area contributed by atoms with Crippen molar-refractivity contribution in [2.75, 3.05) is 11.5 Å². The van der Waals surface area contributed by atoms with Crippen molar-refractivity contribution in [2.24, 2.45) is 0 Å². The Kier molecular flexibility index (Phi) is 6.30. The summed E-state index contributed by atoms with van der Waals surface area (Å²) in [6, 6.07) is 7.65. The largest absolute Gasteiger partial charge is 0.265 e. The van der Waals surface area contributed by atoms with Crippen LogP contribution in [-0.4, -0.2) is 51.8 Å². The van der Waals surface area contributed by atoms with Crippen LogP contribution in [0.25, 0.3) is 22.8 Å². The molecule has 0 aromatic carbocycles. The number of hydrogen-bond acceptors (Lipinski definition) is 8. The van der Waals surface area contributed by atoms with Gasteiger partial charge in [-0.25, -0.2) is 9.97 Å². The molecule has 4 heterocycles. The van der Waals surface area contributed by atoms with Gasteiger partial charge in [0.15, 0.2) is 11.6 Å². The number of aromatic amines is 2. The molecule has 2 N–H and O–H groups in total. The van der Waals surface area contributed by atoms with Gasteiger partial charge >= 0.3 is 0 Å². The zero-order valence-corrected chi connectivity index (χ0v) is 16.6. The first-order valence-electron chi connectivity index (χ1n) is 8.80. The van der Waals surface area contributed by atoms with E-state index < -0.39 is 0 Å². The van der Waals surface area contributed by atoms with E-state index in [1.54, 1.807) is 48.3 Å². The second-order valence-electron chi connectivity index (χ2n) is 5.81. The molecular formula is C18H18N8S2. The van der Waals surface area contributed by atoms with Crippen LogP contribution in [0.5, 0.6) is 0 Å². The molecule has 0 spiro atoms. The number of unbranched alkanes of at least 4 members (excludes halogenated alkanes) is 1. The van der Waals surface area contributed by atoms with Gasteiger partial charge in [-0.3, -0.25) is 20.2 Å². The molecule has 4 aromatic rings. The van der Waals surface area contributed by atoms with Crippen molar-refractivity contribution in [3.63, 3.8) is 0 Å². The molecule has 0 radical (unpaired) electrons. The lowest BCUT2D eigenvalue weighted by Gasteiger charge is -1.98. The van der Waals surface area contributed by atoms with Gasteiger partial charge in [-0.1, -0.05) is 23.5 Å². The zero-order valence-electron chi connectivity index (χ0n) is 14.9. The van der Waals surface area contributed by atoms with Gasteiger partial charge in [0.1, 0.15) is 0 Å². The molecule has 0 fully saturated rings. The lowest BCUT2D eigenvalue weighted by atomic mass is 10.3. The van der Waals surface area contributed by atoms with E-state index in [2.05, 4.69) is 40.3 Å². The van der Waals surface area contributed by atoms with E-state index in [1.165, 1.54) is 0 Å². The van der Waals surface area contributed by atoms with Crippen molar-refractivity contribution in [3.05, 3.63) is 49.1 Å². The fraction of sp³-hybridized carbons (Fsp3) is 0.222. The molecule has 0 saturated carbocycles. The Morgan fingerprint density at radius 1 is 0.643 bits per heavy atom. The van der Waals surface area contributed by atoms with Gasteiger partial charge in [-0.05, 0) is 37.1 Å². The summed E-state index contributed by atoms with van der Waals surface area (Å²) in [7, 11) is 0. The van der Waals surface area contributed by atoms with E-state index in [-0.39, 0.29) is 0 Å². The number of nitrogens with zero attached hydrogens (tertiary/aromatic N) is 6. The average Bonchev–Trinajstić information content (AvgIpc) is 3.42. The molecule has 10 heteroatoms. The summed E-state index contributed by atoms with van der Waals surface area (Å²) < 4.78 is 0. The lowest BCUT2D eigenvalue weighted by molar-refractivity contribution is 0.892. The van der Waals surface area contributed by atoms with Crippen LogP contribution in [0.2, 0.25) is 0 Å². The maximum Gasteiger partial charge on any atom is 0.208 e. The molecule has 8 nitrogen and oxygen atoms in total. The number of H-pyrrole nitrogens is 2. The molecule has 0 bridgehead atoms. The van der Waals surface area contributed by atoms with Gasteiger partial charge in [-0.15, -0.1) is 10.2 Å². The van der Waals surface area contributed by atoms with Crippen LogP contribution in [0.4, 0.5) is 0 Å². The summed E-state index contributed by atoms with van der Waals surface area (Å²) in [4.78, 5) is 17.0. The Bertz CT molecular complexity index is 905. The average molecular weight is 411 g/mol. The van der Waals surface area contributed by atoms with Crippen LogP contribution >= 0.6 is 23.5 Å². The smallest absolute Gasteiger partial charge is 0.208 e. The molecule has 0 aliphatic carbocycles. The highest BCUT2D eigenvalue weighted by atomic mass is 32.2. The zero-order chi connectivity index (χ0) is 19.0. The normalized spacial score (nSPS) is 11.0. The first kappa shape index (κ1) is 18.6. The number of nitrogens with one attached hydrogen (secondary N) is 2. The predicted octanol–water partition coefficient (Wildman–Crippen LogP) is 3.71. The van der Waals surface area contributed by atoms with E-state index in [0.29, 0.717) is 0 Å². The van der Waals surface area contributed by atoms with Crippen LogP contribution in [0.3, 0.4) is 0 Å². The van der Waals surface area contributed by atoms with Crippen molar-refractivity contribution in [3.8, 4) is 22.8 Å². The summed E-state index contributed by atoms with van der Waals surface area (Å²) in [5.74, 6) is 3.50. The Hall–Kier alpha value is -2.72. The molecule has 28 heavy (non-hydrogen) atoms. The van der Waals surface area contributed by atoms with E-state index in [0.717, 1.165) is 57.4 Å². The number of pyridine rings is 2. The standard InChI is InChI=1S/C18H18N8S2/c1(11-27-17-21-15(23-25-17)13-3-7-19-8-4-13)2-12-28-18-22-16(24-26-18)14-5-9-20-10-6-14/h3-10H,1-2,11-12H2,(H,21,23,25)(H,22,24,26). The van der Waals surface area contributed by atoms with Crippen molar-refractivity contribution in [1.82, 2.24) is 40.3 Å².